The van der Waals surface area contributed by atoms with Gasteiger partial charge in [0.2, 0.25) is 0 Å². The van der Waals surface area contributed by atoms with Crippen molar-refractivity contribution >= 4 is 46.3 Å². The minimum absolute atomic E-state index is 0.0945. The van der Waals surface area contributed by atoms with Crippen molar-refractivity contribution in [1.29, 1.82) is 0 Å². The van der Waals surface area contributed by atoms with Gasteiger partial charge in [-0.3, -0.25) is 0 Å². The van der Waals surface area contributed by atoms with E-state index in [1.54, 1.807) is 0 Å². The molecule has 0 aliphatic rings. The Labute approximate surface area is 408 Å². The Kier molecular flexibility index (Phi) is 13.3. The molecule has 0 amide bonds. The van der Waals surface area contributed by atoms with Gasteiger partial charge >= 0.3 is 0 Å². The van der Waals surface area contributed by atoms with Crippen LogP contribution in [0, 0.1) is 0 Å². The van der Waals surface area contributed by atoms with Gasteiger partial charge in [0.25, 0.3) is 0 Å². The third-order valence-corrected chi connectivity index (χ3v) is 13.2. The van der Waals surface area contributed by atoms with Crippen LogP contribution < -0.4 is 9.80 Å². The van der Waals surface area contributed by atoms with E-state index in [0.29, 0.717) is 0 Å². The first-order chi connectivity index (χ1) is 32.2. The smallest absolute Gasteiger partial charge is 0.0462 e. The van der Waals surface area contributed by atoms with Crippen LogP contribution in [0.3, 0.4) is 0 Å². The SMILES string of the molecule is CC(C)(C)c1ccc(N(c2ccc(-c3ccc(/C=C/c4ccc(-c5ccc(N(c6ccc(C(C)(C)C)cc6)c6ccc(C(C)(C)C)cc6)cc5)cc4)cc3)cc2)c2ccc(C(C)(C)C)cc2)cc1. The summed E-state index contributed by atoms with van der Waals surface area (Å²) in [6, 6.07) is 71.7. The second-order valence-corrected chi connectivity index (χ2v) is 22.5. The van der Waals surface area contributed by atoms with Crippen molar-refractivity contribution in [3.05, 3.63) is 228 Å². The number of hydrogen-bond donors (Lipinski definition) is 0. The summed E-state index contributed by atoms with van der Waals surface area (Å²) < 4.78 is 0. The Morgan fingerprint density at radius 3 is 0.559 bits per heavy atom. The fourth-order valence-electron chi connectivity index (χ4n) is 8.71. The molecule has 8 aromatic carbocycles. The van der Waals surface area contributed by atoms with Crippen molar-refractivity contribution in [3.8, 4) is 22.3 Å². The van der Waals surface area contributed by atoms with E-state index in [2.05, 4.69) is 299 Å². The summed E-state index contributed by atoms with van der Waals surface area (Å²) in [4.78, 5) is 4.71. The molecule has 8 rings (SSSR count). The molecule has 0 spiro atoms. The minimum Gasteiger partial charge on any atom is -0.311 e. The Hall–Kier alpha value is -6.90. The van der Waals surface area contributed by atoms with Crippen LogP contribution in [0.5, 0.6) is 0 Å². The van der Waals surface area contributed by atoms with E-state index < -0.39 is 0 Å². The third-order valence-electron chi connectivity index (χ3n) is 13.2. The molecule has 0 atom stereocenters. The first-order valence-corrected chi connectivity index (χ1v) is 24.3. The number of nitrogens with zero attached hydrogens (tertiary/aromatic N) is 2. The molecular formula is C66H70N2. The maximum absolute atomic E-state index is 2.36. The predicted octanol–water partition coefficient (Wildman–Crippen LogP) is 19.3. The first kappa shape index (κ1) is 47.6. The minimum atomic E-state index is 0.0945. The summed E-state index contributed by atoms with van der Waals surface area (Å²) in [5, 5.41) is 0. The Morgan fingerprint density at radius 1 is 0.221 bits per heavy atom. The molecule has 0 bridgehead atoms. The molecular weight excluding hydrogens is 821 g/mol. The highest BCUT2D eigenvalue weighted by Gasteiger charge is 2.21. The van der Waals surface area contributed by atoms with E-state index in [4.69, 9.17) is 0 Å². The average molecular weight is 891 g/mol. The highest BCUT2D eigenvalue weighted by atomic mass is 15.1. The highest BCUT2D eigenvalue weighted by molar-refractivity contribution is 5.81. The molecule has 0 saturated carbocycles. The van der Waals surface area contributed by atoms with Gasteiger partial charge in [0, 0.05) is 34.1 Å². The zero-order valence-corrected chi connectivity index (χ0v) is 42.5. The maximum atomic E-state index is 2.36. The molecule has 0 fully saturated rings. The van der Waals surface area contributed by atoms with Crippen LogP contribution in [0.25, 0.3) is 34.4 Å². The van der Waals surface area contributed by atoms with Crippen molar-refractivity contribution in [2.45, 2.75) is 105 Å². The van der Waals surface area contributed by atoms with Crippen LogP contribution in [0.1, 0.15) is 116 Å². The lowest BCUT2D eigenvalue weighted by atomic mass is 9.86. The molecule has 344 valence electrons. The van der Waals surface area contributed by atoms with E-state index in [1.807, 2.05) is 0 Å². The van der Waals surface area contributed by atoms with Crippen LogP contribution in [-0.2, 0) is 21.7 Å². The predicted molar refractivity (Wildman–Crippen MR) is 297 cm³/mol. The molecule has 0 radical (unpaired) electrons. The number of rotatable bonds is 10. The number of benzene rings is 8. The third kappa shape index (κ3) is 11.1. The molecule has 2 heteroatoms. The van der Waals surface area contributed by atoms with Crippen LogP contribution in [0.15, 0.2) is 194 Å². The van der Waals surface area contributed by atoms with E-state index in [9.17, 15) is 0 Å². The van der Waals surface area contributed by atoms with Gasteiger partial charge in [0.1, 0.15) is 0 Å². The molecule has 8 aromatic rings. The standard InChI is InChI=1S/C66H70N2/c1-63(2,3)53-27-39-59(40-28-53)67(60-41-29-54(30-42-60)64(4,5)6)57-35-23-51(24-36-57)49-19-15-47(16-20-49)13-14-48-17-21-50(22-18-48)52-25-37-58(38-26-52)68(61-43-31-55(32-44-61)65(7,8)9)62-45-33-56(34-46-62)66(10,11)12/h13-46H,1-12H3/b14-13+. The lowest BCUT2D eigenvalue weighted by Crippen LogP contribution is -2.14. The van der Waals surface area contributed by atoms with Gasteiger partial charge in [-0.05, 0) is 150 Å². The summed E-state index contributed by atoms with van der Waals surface area (Å²) in [5.41, 5.74) is 19.6. The average Bonchev–Trinajstić information content (AvgIpc) is 3.31. The highest BCUT2D eigenvalue weighted by Crippen LogP contribution is 2.40. The summed E-state index contributed by atoms with van der Waals surface area (Å²) in [6.45, 7) is 27.2. The zero-order chi connectivity index (χ0) is 48.4. The van der Waals surface area contributed by atoms with Crippen molar-refractivity contribution in [3.63, 3.8) is 0 Å². The van der Waals surface area contributed by atoms with Crippen molar-refractivity contribution in [2.24, 2.45) is 0 Å². The summed E-state index contributed by atoms with van der Waals surface area (Å²) in [7, 11) is 0. The monoisotopic (exact) mass is 891 g/mol. The molecule has 0 aliphatic heterocycles. The quantitative estimate of drug-likeness (QED) is 0.126. The normalized spacial score (nSPS) is 12.4. The lowest BCUT2D eigenvalue weighted by Gasteiger charge is -2.28. The molecule has 0 heterocycles. The fourth-order valence-corrected chi connectivity index (χ4v) is 8.71. The molecule has 0 saturated heterocycles. The van der Waals surface area contributed by atoms with Crippen molar-refractivity contribution in [1.82, 2.24) is 0 Å². The van der Waals surface area contributed by atoms with Gasteiger partial charge in [0.05, 0.1) is 0 Å². The molecule has 0 unspecified atom stereocenters. The van der Waals surface area contributed by atoms with Crippen LogP contribution >= 0.6 is 0 Å². The summed E-state index contributed by atoms with van der Waals surface area (Å²) >= 11 is 0. The van der Waals surface area contributed by atoms with Gasteiger partial charge in [-0.2, -0.15) is 0 Å². The number of hydrogen-bond acceptors (Lipinski definition) is 2. The number of anilines is 6. The van der Waals surface area contributed by atoms with Gasteiger partial charge in [0.15, 0.2) is 0 Å². The second kappa shape index (κ2) is 19.0. The van der Waals surface area contributed by atoms with E-state index >= 15 is 0 Å². The van der Waals surface area contributed by atoms with Crippen molar-refractivity contribution in [2.75, 3.05) is 9.80 Å². The largest absolute Gasteiger partial charge is 0.311 e. The Balaban J connectivity index is 0.958. The van der Waals surface area contributed by atoms with Crippen LogP contribution in [0.4, 0.5) is 34.1 Å². The van der Waals surface area contributed by atoms with Gasteiger partial charge in [-0.15, -0.1) is 0 Å². The fraction of sp³-hybridized carbons (Fsp3) is 0.242. The van der Waals surface area contributed by atoms with Gasteiger partial charge in [-0.25, -0.2) is 0 Å². The summed E-state index contributed by atoms with van der Waals surface area (Å²) in [5.74, 6) is 0. The molecule has 0 aliphatic carbocycles. The topological polar surface area (TPSA) is 6.48 Å². The molecule has 0 aromatic heterocycles. The van der Waals surface area contributed by atoms with E-state index in [1.165, 1.54) is 55.6 Å². The van der Waals surface area contributed by atoms with Crippen LogP contribution in [0.2, 0.25) is 0 Å². The molecule has 0 N–H and O–H groups in total. The lowest BCUT2D eigenvalue weighted by molar-refractivity contribution is 0.590. The van der Waals surface area contributed by atoms with E-state index in [0.717, 1.165) is 34.1 Å². The Bertz CT molecular complexity index is 2600. The Morgan fingerprint density at radius 2 is 0.382 bits per heavy atom. The van der Waals surface area contributed by atoms with Crippen LogP contribution in [-0.4, -0.2) is 0 Å². The first-order valence-electron chi connectivity index (χ1n) is 24.3. The van der Waals surface area contributed by atoms with Crippen molar-refractivity contribution < 1.29 is 0 Å². The maximum Gasteiger partial charge on any atom is 0.0462 e. The van der Waals surface area contributed by atoms with E-state index in [-0.39, 0.29) is 21.7 Å². The summed E-state index contributed by atoms with van der Waals surface area (Å²) in [6.07, 6.45) is 4.39. The van der Waals surface area contributed by atoms with Gasteiger partial charge < -0.3 is 9.80 Å². The molecule has 68 heavy (non-hydrogen) atoms. The van der Waals surface area contributed by atoms with Gasteiger partial charge in [-0.1, -0.05) is 217 Å². The zero-order valence-electron chi connectivity index (χ0n) is 42.5. The second-order valence-electron chi connectivity index (χ2n) is 22.5. The molecule has 2 nitrogen and oxygen atoms in total.